The zero-order valence-electron chi connectivity index (χ0n) is 15.0. The predicted molar refractivity (Wildman–Crippen MR) is 109 cm³/mol. The minimum Gasteiger partial charge on any atom is -0.369 e. The average Bonchev–Trinajstić information content (AvgIpc) is 2.66. The van der Waals surface area contributed by atoms with E-state index in [-0.39, 0.29) is 0 Å². The Kier molecular flexibility index (Phi) is 8.15. The number of halogens is 1. The molecule has 2 aromatic carbocycles. The third-order valence-electron chi connectivity index (χ3n) is 4.28. The van der Waals surface area contributed by atoms with E-state index in [4.69, 9.17) is 10.5 Å². The van der Waals surface area contributed by atoms with Gasteiger partial charge in [0.2, 0.25) is 0 Å². The molecule has 0 aromatic heterocycles. The molecule has 0 bridgehead atoms. The lowest BCUT2D eigenvalue weighted by Gasteiger charge is -2.34. The second kappa shape index (κ2) is 10.6. The molecule has 1 fully saturated rings. The van der Waals surface area contributed by atoms with E-state index in [0.29, 0.717) is 12.8 Å². The molecule has 0 unspecified atom stereocenters. The van der Waals surface area contributed by atoms with Crippen molar-refractivity contribution in [3.8, 4) is 12.1 Å². The molecular formula is C21H23BrN4. The molecule has 1 aliphatic heterocycles. The van der Waals surface area contributed by atoms with Crippen LogP contribution in [0.25, 0.3) is 0 Å². The van der Waals surface area contributed by atoms with E-state index in [1.165, 1.54) is 5.69 Å². The van der Waals surface area contributed by atoms with E-state index < -0.39 is 0 Å². The lowest BCUT2D eigenvalue weighted by Crippen LogP contribution is -2.44. The highest BCUT2D eigenvalue weighted by Crippen LogP contribution is 2.17. The van der Waals surface area contributed by atoms with Gasteiger partial charge in [0.15, 0.2) is 0 Å². The van der Waals surface area contributed by atoms with E-state index in [9.17, 15) is 0 Å². The first kappa shape index (κ1) is 20.0. The summed E-state index contributed by atoms with van der Waals surface area (Å²) in [5, 5.41) is 16.9. The summed E-state index contributed by atoms with van der Waals surface area (Å²) in [6.07, 6.45) is 0.996. The Morgan fingerprint density at radius 3 is 1.73 bits per heavy atom. The number of rotatable bonds is 3. The summed E-state index contributed by atoms with van der Waals surface area (Å²) in [6.45, 7) is 4.43. The summed E-state index contributed by atoms with van der Waals surface area (Å²) in [4.78, 5) is 4.75. The number of hydrogen-bond acceptors (Lipinski definition) is 4. The van der Waals surface area contributed by atoms with Crippen molar-refractivity contribution >= 4 is 21.6 Å². The Morgan fingerprint density at radius 2 is 1.27 bits per heavy atom. The first-order valence-electron chi connectivity index (χ1n) is 8.63. The van der Waals surface area contributed by atoms with Gasteiger partial charge in [0, 0.05) is 36.3 Å². The number of piperazine rings is 1. The zero-order valence-corrected chi connectivity index (χ0v) is 16.6. The highest BCUT2D eigenvalue weighted by Gasteiger charge is 2.13. The zero-order chi connectivity index (χ0) is 18.8. The molecule has 26 heavy (non-hydrogen) atoms. The van der Waals surface area contributed by atoms with E-state index in [1.807, 2.05) is 24.3 Å². The van der Waals surface area contributed by atoms with Crippen LogP contribution in [-0.2, 0) is 12.8 Å². The van der Waals surface area contributed by atoms with Crippen LogP contribution >= 0.6 is 15.9 Å². The molecule has 0 N–H and O–H groups in total. The third kappa shape index (κ3) is 6.52. The normalized spacial score (nSPS) is 13.9. The van der Waals surface area contributed by atoms with Crippen molar-refractivity contribution in [1.82, 2.24) is 4.90 Å². The van der Waals surface area contributed by atoms with E-state index in [1.54, 1.807) is 0 Å². The number of benzene rings is 2. The maximum atomic E-state index is 8.60. The molecule has 2 aromatic rings. The van der Waals surface area contributed by atoms with Crippen molar-refractivity contribution in [2.75, 3.05) is 38.1 Å². The van der Waals surface area contributed by atoms with Crippen LogP contribution in [-0.4, -0.2) is 38.1 Å². The van der Waals surface area contributed by atoms with Crippen molar-refractivity contribution in [2.24, 2.45) is 0 Å². The van der Waals surface area contributed by atoms with Crippen LogP contribution in [0.1, 0.15) is 11.1 Å². The summed E-state index contributed by atoms with van der Waals surface area (Å²) in [7, 11) is 2.16. The molecule has 0 amide bonds. The Hall–Kier alpha value is -2.34. The minimum absolute atomic E-state index is 0.493. The average molecular weight is 411 g/mol. The van der Waals surface area contributed by atoms with Crippen molar-refractivity contribution in [2.45, 2.75) is 12.8 Å². The smallest absolute Gasteiger partial charge is 0.0669 e. The van der Waals surface area contributed by atoms with Gasteiger partial charge >= 0.3 is 0 Å². The number of nitriles is 2. The van der Waals surface area contributed by atoms with Crippen molar-refractivity contribution in [3.63, 3.8) is 0 Å². The summed E-state index contributed by atoms with van der Waals surface area (Å²) in [6, 6.07) is 20.4. The van der Waals surface area contributed by atoms with Gasteiger partial charge in [0.05, 0.1) is 25.0 Å². The molecule has 1 saturated heterocycles. The molecule has 0 atom stereocenters. The minimum atomic E-state index is 0.493. The van der Waals surface area contributed by atoms with Crippen LogP contribution < -0.4 is 4.90 Å². The molecule has 0 saturated carbocycles. The molecule has 1 heterocycles. The van der Waals surface area contributed by atoms with Crippen molar-refractivity contribution in [1.29, 1.82) is 10.5 Å². The van der Waals surface area contributed by atoms with Gasteiger partial charge in [0.1, 0.15) is 0 Å². The molecule has 3 rings (SSSR count). The van der Waals surface area contributed by atoms with Gasteiger partial charge in [-0.05, 0) is 42.4 Å². The number of nitrogens with zero attached hydrogens (tertiary/aromatic N) is 4. The Labute approximate surface area is 164 Å². The molecular weight excluding hydrogens is 388 g/mol. The number of likely N-dealkylation sites (N-methyl/N-ethyl adjacent to an activating group) is 1. The van der Waals surface area contributed by atoms with Gasteiger partial charge < -0.3 is 9.80 Å². The van der Waals surface area contributed by atoms with Crippen LogP contribution in [0, 0.1) is 22.7 Å². The molecule has 0 aliphatic carbocycles. The largest absolute Gasteiger partial charge is 0.369 e. The first-order chi connectivity index (χ1) is 12.6. The Balaban J connectivity index is 0.000000209. The van der Waals surface area contributed by atoms with Gasteiger partial charge in [-0.25, -0.2) is 0 Å². The topological polar surface area (TPSA) is 54.1 Å². The van der Waals surface area contributed by atoms with Gasteiger partial charge in [-0.3, -0.25) is 0 Å². The van der Waals surface area contributed by atoms with E-state index >= 15 is 0 Å². The lowest BCUT2D eigenvalue weighted by atomic mass is 10.1. The van der Waals surface area contributed by atoms with Crippen LogP contribution in [0.5, 0.6) is 0 Å². The maximum Gasteiger partial charge on any atom is 0.0669 e. The summed E-state index contributed by atoms with van der Waals surface area (Å²) < 4.78 is 1.05. The predicted octanol–water partition coefficient (Wildman–Crippen LogP) is 4.02. The van der Waals surface area contributed by atoms with Gasteiger partial charge in [-0.1, -0.05) is 40.2 Å². The quantitative estimate of drug-likeness (QED) is 0.766. The fourth-order valence-electron chi connectivity index (χ4n) is 2.67. The number of hydrogen-bond donors (Lipinski definition) is 0. The lowest BCUT2D eigenvalue weighted by molar-refractivity contribution is 0.313. The molecule has 134 valence electrons. The van der Waals surface area contributed by atoms with Crippen LogP contribution in [0.4, 0.5) is 5.69 Å². The van der Waals surface area contributed by atoms with Crippen LogP contribution in [0.15, 0.2) is 53.0 Å². The molecule has 0 spiro atoms. The second-order valence-electron chi connectivity index (χ2n) is 6.25. The van der Waals surface area contributed by atoms with Gasteiger partial charge in [-0.2, -0.15) is 10.5 Å². The third-order valence-corrected chi connectivity index (χ3v) is 4.81. The number of anilines is 1. The van der Waals surface area contributed by atoms with Crippen molar-refractivity contribution in [3.05, 3.63) is 64.1 Å². The summed E-state index contributed by atoms with van der Waals surface area (Å²) in [5.74, 6) is 0. The van der Waals surface area contributed by atoms with Crippen LogP contribution in [0.3, 0.4) is 0 Å². The molecule has 5 heteroatoms. The maximum absolute atomic E-state index is 8.60. The van der Waals surface area contributed by atoms with E-state index in [2.05, 4.69) is 69.2 Å². The van der Waals surface area contributed by atoms with Gasteiger partial charge in [-0.15, -0.1) is 0 Å². The Bertz CT molecular complexity index is 749. The first-order valence-corrected chi connectivity index (χ1v) is 9.42. The fraction of sp³-hybridized carbons (Fsp3) is 0.333. The van der Waals surface area contributed by atoms with E-state index in [0.717, 1.165) is 41.8 Å². The highest BCUT2D eigenvalue weighted by molar-refractivity contribution is 9.10. The molecule has 0 radical (unpaired) electrons. The summed E-state index contributed by atoms with van der Waals surface area (Å²) >= 11 is 3.31. The summed E-state index contributed by atoms with van der Waals surface area (Å²) in [5.41, 5.74) is 3.43. The van der Waals surface area contributed by atoms with Gasteiger partial charge in [0.25, 0.3) is 0 Å². The van der Waals surface area contributed by atoms with Crippen LogP contribution in [0.2, 0.25) is 0 Å². The molecule has 4 nitrogen and oxygen atoms in total. The van der Waals surface area contributed by atoms with Crippen molar-refractivity contribution < 1.29 is 0 Å². The highest BCUT2D eigenvalue weighted by atomic mass is 79.9. The second-order valence-corrected chi connectivity index (χ2v) is 7.17. The Morgan fingerprint density at radius 1 is 0.808 bits per heavy atom. The monoisotopic (exact) mass is 410 g/mol. The SMILES string of the molecule is CN1CCN(c2ccc(CC#N)cc2)CC1.N#CCc1ccc(Br)cc1. The molecule has 1 aliphatic rings. The standard InChI is InChI=1S/C13H17N3.C8H6BrN/c1-15-8-10-16(11-9-15)13-4-2-12(3-5-13)6-7-14;9-8-3-1-7(2-4-8)5-6-10/h2-5H,6,8-11H2,1H3;1-4H,5H2. The fourth-order valence-corrected chi connectivity index (χ4v) is 2.94.